The highest BCUT2D eigenvalue weighted by atomic mass is 16.5. The van der Waals surface area contributed by atoms with Crippen LogP contribution in [-0.2, 0) is 4.74 Å². The van der Waals surface area contributed by atoms with Crippen molar-refractivity contribution in [2.75, 3.05) is 13.2 Å². The number of rotatable bonds is 2. The molecule has 2 rings (SSSR count). The molecule has 0 amide bonds. The van der Waals surface area contributed by atoms with E-state index in [1.807, 2.05) is 0 Å². The molecule has 0 aromatic heterocycles. The molecule has 1 heterocycles. The molecular formula is C12H22O2. The Morgan fingerprint density at radius 3 is 2.29 bits per heavy atom. The Morgan fingerprint density at radius 1 is 1.21 bits per heavy atom. The standard InChI is InChI=1S/C12H22O2/c1-9(2)10-7-12(13,8-10)11-3-5-14-6-4-11/h9-11,13H,3-8H2,1-2H3. The first-order valence-corrected chi connectivity index (χ1v) is 5.92. The summed E-state index contributed by atoms with van der Waals surface area (Å²) in [7, 11) is 0. The van der Waals surface area contributed by atoms with E-state index in [2.05, 4.69) is 13.8 Å². The lowest BCUT2D eigenvalue weighted by molar-refractivity contribution is -0.149. The van der Waals surface area contributed by atoms with Gasteiger partial charge in [-0.2, -0.15) is 0 Å². The van der Waals surface area contributed by atoms with Gasteiger partial charge in [-0.05, 0) is 43.4 Å². The van der Waals surface area contributed by atoms with E-state index in [0.29, 0.717) is 5.92 Å². The molecule has 0 radical (unpaired) electrons. The minimum Gasteiger partial charge on any atom is -0.390 e. The summed E-state index contributed by atoms with van der Waals surface area (Å²) in [4.78, 5) is 0. The summed E-state index contributed by atoms with van der Waals surface area (Å²) in [6.07, 6.45) is 4.16. The largest absolute Gasteiger partial charge is 0.390 e. The number of ether oxygens (including phenoxy) is 1. The van der Waals surface area contributed by atoms with Gasteiger partial charge in [0.25, 0.3) is 0 Å². The van der Waals surface area contributed by atoms with Crippen LogP contribution in [0.1, 0.15) is 39.5 Å². The lowest BCUT2D eigenvalue weighted by Crippen LogP contribution is -2.52. The van der Waals surface area contributed by atoms with E-state index in [4.69, 9.17) is 4.74 Å². The minimum atomic E-state index is -0.335. The van der Waals surface area contributed by atoms with Crippen LogP contribution in [0.3, 0.4) is 0 Å². The van der Waals surface area contributed by atoms with Crippen molar-refractivity contribution in [1.29, 1.82) is 0 Å². The van der Waals surface area contributed by atoms with Gasteiger partial charge in [0.2, 0.25) is 0 Å². The molecule has 2 aliphatic rings. The lowest BCUT2D eigenvalue weighted by atomic mass is 9.60. The van der Waals surface area contributed by atoms with Crippen molar-refractivity contribution in [3.63, 3.8) is 0 Å². The van der Waals surface area contributed by atoms with E-state index in [1.165, 1.54) is 0 Å². The molecule has 2 heteroatoms. The van der Waals surface area contributed by atoms with Crippen molar-refractivity contribution < 1.29 is 9.84 Å². The summed E-state index contributed by atoms with van der Waals surface area (Å²) in [5, 5.41) is 10.4. The Balaban J connectivity index is 1.86. The third-order valence-electron chi connectivity index (χ3n) is 4.16. The third-order valence-corrected chi connectivity index (χ3v) is 4.16. The van der Waals surface area contributed by atoms with Crippen LogP contribution < -0.4 is 0 Å². The van der Waals surface area contributed by atoms with E-state index in [1.54, 1.807) is 0 Å². The van der Waals surface area contributed by atoms with E-state index < -0.39 is 0 Å². The van der Waals surface area contributed by atoms with E-state index in [0.717, 1.165) is 50.7 Å². The summed E-state index contributed by atoms with van der Waals surface area (Å²) >= 11 is 0. The Bertz CT molecular complexity index is 188. The maximum Gasteiger partial charge on any atom is 0.0683 e. The summed E-state index contributed by atoms with van der Waals surface area (Å²) < 4.78 is 5.33. The molecule has 0 spiro atoms. The van der Waals surface area contributed by atoms with Crippen LogP contribution in [0, 0.1) is 17.8 Å². The first kappa shape index (κ1) is 10.4. The third kappa shape index (κ3) is 1.82. The van der Waals surface area contributed by atoms with Crippen molar-refractivity contribution in [1.82, 2.24) is 0 Å². The average molecular weight is 198 g/mol. The molecule has 0 atom stereocenters. The molecule has 1 aliphatic heterocycles. The second-order valence-electron chi connectivity index (χ2n) is 5.40. The molecule has 82 valence electrons. The Morgan fingerprint density at radius 2 is 1.79 bits per heavy atom. The van der Waals surface area contributed by atoms with Crippen molar-refractivity contribution in [2.45, 2.75) is 45.1 Å². The lowest BCUT2D eigenvalue weighted by Gasteiger charge is -2.51. The van der Waals surface area contributed by atoms with Gasteiger partial charge in [-0.25, -0.2) is 0 Å². The molecule has 1 saturated heterocycles. The summed E-state index contributed by atoms with van der Waals surface area (Å²) in [6.45, 7) is 6.21. The van der Waals surface area contributed by atoms with Gasteiger partial charge >= 0.3 is 0 Å². The molecule has 0 bridgehead atoms. The molecule has 1 N–H and O–H groups in total. The second-order valence-corrected chi connectivity index (χ2v) is 5.40. The van der Waals surface area contributed by atoms with Crippen molar-refractivity contribution in [3.05, 3.63) is 0 Å². The Hall–Kier alpha value is -0.0800. The normalized spacial score (nSPS) is 39.9. The zero-order chi connectivity index (χ0) is 10.2. The molecular weight excluding hydrogens is 176 g/mol. The fraction of sp³-hybridized carbons (Fsp3) is 1.00. The Labute approximate surface area is 86.6 Å². The number of hydrogen-bond acceptors (Lipinski definition) is 2. The molecule has 1 aliphatic carbocycles. The quantitative estimate of drug-likeness (QED) is 0.737. The molecule has 14 heavy (non-hydrogen) atoms. The van der Waals surface area contributed by atoms with Crippen LogP contribution in [0.25, 0.3) is 0 Å². The van der Waals surface area contributed by atoms with Crippen LogP contribution in [0.15, 0.2) is 0 Å². The molecule has 0 aromatic rings. The van der Waals surface area contributed by atoms with Gasteiger partial charge in [0.05, 0.1) is 5.60 Å². The molecule has 0 aromatic carbocycles. The fourth-order valence-electron chi connectivity index (χ4n) is 2.89. The smallest absolute Gasteiger partial charge is 0.0683 e. The first-order chi connectivity index (χ1) is 6.62. The van der Waals surface area contributed by atoms with Gasteiger partial charge in [0.15, 0.2) is 0 Å². The zero-order valence-electron chi connectivity index (χ0n) is 9.33. The Kier molecular flexibility index (Phi) is 2.85. The molecule has 1 saturated carbocycles. The average Bonchev–Trinajstić information content (AvgIpc) is 2.14. The number of aliphatic hydroxyl groups is 1. The second kappa shape index (κ2) is 3.82. The van der Waals surface area contributed by atoms with E-state index >= 15 is 0 Å². The van der Waals surface area contributed by atoms with Crippen molar-refractivity contribution >= 4 is 0 Å². The number of hydrogen-bond donors (Lipinski definition) is 1. The van der Waals surface area contributed by atoms with Gasteiger partial charge in [-0.15, -0.1) is 0 Å². The minimum absolute atomic E-state index is 0.335. The van der Waals surface area contributed by atoms with Gasteiger partial charge < -0.3 is 9.84 Å². The SMILES string of the molecule is CC(C)C1CC(O)(C2CCOCC2)C1. The van der Waals surface area contributed by atoms with E-state index in [-0.39, 0.29) is 5.60 Å². The summed E-state index contributed by atoms with van der Waals surface area (Å²) in [5.41, 5.74) is -0.335. The van der Waals surface area contributed by atoms with Crippen LogP contribution in [0.2, 0.25) is 0 Å². The van der Waals surface area contributed by atoms with Gasteiger partial charge in [0.1, 0.15) is 0 Å². The van der Waals surface area contributed by atoms with Crippen LogP contribution in [0.4, 0.5) is 0 Å². The highest BCUT2D eigenvalue weighted by Gasteiger charge is 2.48. The van der Waals surface area contributed by atoms with Crippen LogP contribution in [-0.4, -0.2) is 23.9 Å². The molecule has 2 fully saturated rings. The van der Waals surface area contributed by atoms with Crippen LogP contribution >= 0.6 is 0 Å². The van der Waals surface area contributed by atoms with Gasteiger partial charge in [-0.3, -0.25) is 0 Å². The fourth-order valence-corrected chi connectivity index (χ4v) is 2.89. The maximum atomic E-state index is 10.4. The highest BCUT2D eigenvalue weighted by Crippen LogP contribution is 2.48. The summed E-state index contributed by atoms with van der Waals surface area (Å²) in [5.74, 6) is 1.99. The van der Waals surface area contributed by atoms with Crippen molar-refractivity contribution in [2.24, 2.45) is 17.8 Å². The highest BCUT2D eigenvalue weighted by molar-refractivity contribution is 5.00. The predicted molar refractivity (Wildman–Crippen MR) is 56.1 cm³/mol. The van der Waals surface area contributed by atoms with Gasteiger partial charge in [-0.1, -0.05) is 13.8 Å². The summed E-state index contributed by atoms with van der Waals surface area (Å²) in [6, 6.07) is 0. The maximum absolute atomic E-state index is 10.4. The first-order valence-electron chi connectivity index (χ1n) is 5.92. The predicted octanol–water partition coefficient (Wildman–Crippen LogP) is 2.21. The molecule has 2 nitrogen and oxygen atoms in total. The van der Waals surface area contributed by atoms with Gasteiger partial charge in [0, 0.05) is 13.2 Å². The topological polar surface area (TPSA) is 29.5 Å². The van der Waals surface area contributed by atoms with E-state index in [9.17, 15) is 5.11 Å². The monoisotopic (exact) mass is 198 g/mol. The van der Waals surface area contributed by atoms with Crippen LogP contribution in [0.5, 0.6) is 0 Å². The van der Waals surface area contributed by atoms with Crippen molar-refractivity contribution in [3.8, 4) is 0 Å². The zero-order valence-corrected chi connectivity index (χ0v) is 9.33. The molecule has 0 unspecified atom stereocenters.